The molecule has 11 rings (SSSR count). The van der Waals surface area contributed by atoms with Gasteiger partial charge in [-0.25, -0.2) is 0 Å². The van der Waals surface area contributed by atoms with Gasteiger partial charge >= 0.3 is 0 Å². The van der Waals surface area contributed by atoms with Crippen LogP contribution < -0.4 is 9.80 Å². The SMILES string of the molecule is C=C(C=CC1=C(C)C(C)(C)c2cc(C=Cc3ccc4c(c3)c3cc(N5c6ccccc6Sc6ccccc65)ccc3n4-c3ccccc3)ccc21)N1CCCc2ccccc21. The maximum Gasteiger partial charge on any atom is 0.0601 e. The molecular weight excluding hydrogens is 759 g/mol. The molecule has 0 radical (unpaired) electrons. The number of allylic oxidation sites excluding steroid dienone is 4. The minimum atomic E-state index is -0.0815. The number of anilines is 4. The zero-order valence-corrected chi connectivity index (χ0v) is 35.7. The average Bonchev–Trinajstić information content (AvgIpc) is 3.72. The monoisotopic (exact) mass is 805 g/mol. The normalized spacial score (nSPS) is 15.5. The van der Waals surface area contributed by atoms with E-state index in [1.807, 2.05) is 11.8 Å². The van der Waals surface area contributed by atoms with Crippen LogP contribution in [0.4, 0.5) is 22.7 Å². The van der Waals surface area contributed by atoms with Gasteiger partial charge in [0.1, 0.15) is 0 Å². The number of nitrogens with zero attached hydrogens (tertiary/aromatic N) is 3. The van der Waals surface area contributed by atoms with Crippen LogP contribution in [0.5, 0.6) is 0 Å². The number of aromatic nitrogens is 1. The first-order valence-corrected chi connectivity index (χ1v) is 22.2. The highest BCUT2D eigenvalue weighted by Crippen LogP contribution is 2.52. The molecular formula is C57H47N3S. The van der Waals surface area contributed by atoms with Crippen LogP contribution in [0.2, 0.25) is 0 Å². The molecule has 7 aromatic carbocycles. The zero-order chi connectivity index (χ0) is 41.2. The number of aryl methyl sites for hydroxylation is 1. The molecule has 0 N–H and O–H groups in total. The summed E-state index contributed by atoms with van der Waals surface area (Å²) in [4.78, 5) is 7.33. The second-order valence-corrected chi connectivity index (χ2v) is 18.1. The first-order valence-electron chi connectivity index (χ1n) is 21.4. The van der Waals surface area contributed by atoms with Gasteiger partial charge in [-0.2, -0.15) is 0 Å². The van der Waals surface area contributed by atoms with Gasteiger partial charge in [0.2, 0.25) is 0 Å². The van der Waals surface area contributed by atoms with Crippen molar-refractivity contribution in [3.05, 3.63) is 216 Å². The van der Waals surface area contributed by atoms with Crippen LogP contribution >= 0.6 is 11.8 Å². The quantitative estimate of drug-likeness (QED) is 0.117. The molecule has 3 heterocycles. The van der Waals surface area contributed by atoms with Gasteiger partial charge in [0.05, 0.1) is 22.4 Å². The van der Waals surface area contributed by atoms with Gasteiger partial charge in [-0.3, -0.25) is 0 Å². The summed E-state index contributed by atoms with van der Waals surface area (Å²) >= 11 is 1.84. The van der Waals surface area contributed by atoms with E-state index >= 15 is 0 Å². The Balaban J connectivity index is 0.945. The number of hydrogen-bond acceptors (Lipinski definition) is 3. The van der Waals surface area contributed by atoms with E-state index in [0.29, 0.717) is 0 Å². The lowest BCUT2D eigenvalue weighted by Gasteiger charge is -2.32. The molecule has 2 aliphatic heterocycles. The Labute approximate surface area is 363 Å². The van der Waals surface area contributed by atoms with Crippen molar-refractivity contribution < 1.29 is 0 Å². The fraction of sp³-hybridized carbons (Fsp3) is 0.123. The molecule has 0 saturated carbocycles. The molecule has 1 aromatic heterocycles. The molecule has 0 fully saturated rings. The molecule has 296 valence electrons. The predicted molar refractivity (Wildman–Crippen MR) is 261 cm³/mol. The summed E-state index contributed by atoms with van der Waals surface area (Å²) in [5, 5.41) is 2.46. The van der Waals surface area contributed by atoms with Gasteiger partial charge < -0.3 is 14.4 Å². The maximum absolute atomic E-state index is 4.52. The molecule has 61 heavy (non-hydrogen) atoms. The third kappa shape index (κ3) is 6.28. The van der Waals surface area contributed by atoms with E-state index in [0.717, 1.165) is 36.5 Å². The Bertz CT molecular complexity index is 3110. The molecule has 0 atom stereocenters. The minimum absolute atomic E-state index is 0.0815. The van der Waals surface area contributed by atoms with E-state index in [2.05, 4.69) is 224 Å². The van der Waals surface area contributed by atoms with Gasteiger partial charge in [-0.05, 0) is 132 Å². The molecule has 3 nitrogen and oxygen atoms in total. The van der Waals surface area contributed by atoms with Crippen LogP contribution in [0.15, 0.2) is 198 Å². The lowest BCUT2D eigenvalue weighted by atomic mass is 9.81. The Kier molecular flexibility index (Phi) is 9.02. The Hall–Kier alpha value is -6.75. The van der Waals surface area contributed by atoms with E-state index in [1.165, 1.54) is 87.6 Å². The van der Waals surface area contributed by atoms with Crippen LogP contribution in [0.25, 0.3) is 45.2 Å². The van der Waals surface area contributed by atoms with Crippen molar-refractivity contribution in [2.45, 2.75) is 48.8 Å². The second-order valence-electron chi connectivity index (χ2n) is 17.0. The van der Waals surface area contributed by atoms with Crippen molar-refractivity contribution in [2.24, 2.45) is 0 Å². The molecule has 8 aromatic rings. The highest BCUT2D eigenvalue weighted by molar-refractivity contribution is 7.99. The average molecular weight is 806 g/mol. The highest BCUT2D eigenvalue weighted by atomic mass is 32.2. The standard InChI is InChI=1S/C57H47N3S/c1-38(58-34-14-16-42-15-8-9-19-50(42)58)24-30-45-39(2)57(3,4)49-36-41(27-31-46(45)49)26-25-40-28-32-51-47(35-40)48-37-44(29-33-52(48)59(51)43-17-6-5-7-18-43)60-53-20-10-12-22-55(53)61-56-23-13-11-21-54(56)60/h5-13,15,17-33,35-37H,1,14,16,34H2,2-4H3. The Morgan fingerprint density at radius 2 is 1.25 bits per heavy atom. The zero-order valence-electron chi connectivity index (χ0n) is 34.9. The van der Waals surface area contributed by atoms with Crippen LogP contribution in [-0.4, -0.2) is 11.1 Å². The largest absolute Gasteiger partial charge is 0.342 e. The van der Waals surface area contributed by atoms with Gasteiger partial charge in [0.25, 0.3) is 0 Å². The fourth-order valence-electron chi connectivity index (χ4n) is 9.78. The third-order valence-corrected chi connectivity index (χ3v) is 14.3. The second kappa shape index (κ2) is 14.8. The van der Waals surface area contributed by atoms with Gasteiger partial charge in [0.15, 0.2) is 0 Å². The van der Waals surface area contributed by atoms with Crippen molar-refractivity contribution in [3.63, 3.8) is 0 Å². The molecule has 3 aliphatic rings. The van der Waals surface area contributed by atoms with Gasteiger partial charge in [-0.15, -0.1) is 0 Å². The molecule has 0 saturated heterocycles. The van der Waals surface area contributed by atoms with E-state index in [1.54, 1.807) is 0 Å². The summed E-state index contributed by atoms with van der Waals surface area (Å²) in [7, 11) is 0. The molecule has 0 bridgehead atoms. The van der Waals surface area contributed by atoms with E-state index in [4.69, 9.17) is 0 Å². The van der Waals surface area contributed by atoms with Crippen molar-refractivity contribution in [3.8, 4) is 5.69 Å². The summed E-state index contributed by atoms with van der Waals surface area (Å²) in [6.07, 6.45) is 11.3. The van der Waals surface area contributed by atoms with Gasteiger partial charge in [-0.1, -0.05) is 141 Å². The van der Waals surface area contributed by atoms with E-state index in [-0.39, 0.29) is 5.41 Å². The number of rotatable bonds is 7. The third-order valence-electron chi connectivity index (χ3n) is 13.2. The summed E-state index contributed by atoms with van der Waals surface area (Å²) in [6, 6.07) is 57.8. The highest BCUT2D eigenvalue weighted by Gasteiger charge is 2.34. The van der Waals surface area contributed by atoms with Crippen molar-refractivity contribution in [2.75, 3.05) is 16.3 Å². The predicted octanol–water partition coefficient (Wildman–Crippen LogP) is 15.5. The van der Waals surface area contributed by atoms with E-state index in [9.17, 15) is 0 Å². The maximum atomic E-state index is 4.52. The van der Waals surface area contributed by atoms with Crippen molar-refractivity contribution in [1.29, 1.82) is 0 Å². The lowest BCUT2D eigenvalue weighted by Crippen LogP contribution is -2.27. The van der Waals surface area contributed by atoms with E-state index < -0.39 is 0 Å². The molecule has 0 spiro atoms. The van der Waals surface area contributed by atoms with Crippen molar-refractivity contribution >= 4 is 74.0 Å². The Morgan fingerprint density at radius 1 is 0.623 bits per heavy atom. The van der Waals surface area contributed by atoms with Crippen LogP contribution in [0.3, 0.4) is 0 Å². The number of benzene rings is 7. The molecule has 1 aliphatic carbocycles. The fourth-order valence-corrected chi connectivity index (χ4v) is 10.8. The number of fused-ring (bicyclic) bond motifs is 7. The van der Waals surface area contributed by atoms with Crippen LogP contribution in [0, 0.1) is 0 Å². The number of hydrogen-bond donors (Lipinski definition) is 0. The lowest BCUT2D eigenvalue weighted by molar-refractivity contribution is 0.639. The van der Waals surface area contributed by atoms with Crippen molar-refractivity contribution in [1.82, 2.24) is 4.57 Å². The van der Waals surface area contributed by atoms with Crippen LogP contribution in [-0.2, 0) is 11.8 Å². The molecule has 4 heteroatoms. The topological polar surface area (TPSA) is 11.4 Å². The van der Waals surface area contributed by atoms with Crippen LogP contribution in [0.1, 0.15) is 55.0 Å². The summed E-state index contributed by atoms with van der Waals surface area (Å²) < 4.78 is 2.40. The number of para-hydroxylation sites is 4. The minimum Gasteiger partial charge on any atom is -0.342 e. The molecule has 0 amide bonds. The summed E-state index contributed by atoms with van der Waals surface area (Å²) in [6.45, 7) is 12.5. The summed E-state index contributed by atoms with van der Waals surface area (Å²) in [5.41, 5.74) is 18.5. The Morgan fingerprint density at radius 3 is 2.00 bits per heavy atom. The first kappa shape index (κ1) is 37.3. The first-order chi connectivity index (χ1) is 29.8. The molecule has 0 unspecified atom stereocenters. The smallest absolute Gasteiger partial charge is 0.0601 e. The van der Waals surface area contributed by atoms with Gasteiger partial charge in [0, 0.05) is 55.3 Å². The summed E-state index contributed by atoms with van der Waals surface area (Å²) in [5.74, 6) is 0.